The normalized spacial score (nSPS) is 12.8. The van der Waals surface area contributed by atoms with Crippen molar-refractivity contribution in [3.63, 3.8) is 0 Å². The van der Waals surface area contributed by atoms with E-state index in [0.29, 0.717) is 19.0 Å². The van der Waals surface area contributed by atoms with Crippen molar-refractivity contribution in [3.05, 3.63) is 0 Å². The van der Waals surface area contributed by atoms with Gasteiger partial charge in [-0.25, -0.2) is 13.1 Å². The zero-order valence-electron chi connectivity index (χ0n) is 11.8. The first kappa shape index (κ1) is 17.2. The van der Waals surface area contributed by atoms with Crippen LogP contribution in [0.25, 0.3) is 0 Å². The van der Waals surface area contributed by atoms with Crippen molar-refractivity contribution < 1.29 is 8.42 Å². The van der Waals surface area contributed by atoms with E-state index in [0.717, 1.165) is 31.7 Å². The van der Waals surface area contributed by atoms with Crippen LogP contribution in [0.2, 0.25) is 0 Å². The van der Waals surface area contributed by atoms with Gasteiger partial charge in [0.1, 0.15) is 0 Å². The van der Waals surface area contributed by atoms with Crippen molar-refractivity contribution in [1.82, 2.24) is 15.4 Å². The van der Waals surface area contributed by atoms with E-state index in [1.807, 2.05) is 6.92 Å². The van der Waals surface area contributed by atoms with Gasteiger partial charge in [-0.2, -0.15) is 0 Å². The summed E-state index contributed by atoms with van der Waals surface area (Å²) >= 11 is 0. The Kier molecular flexibility index (Phi) is 8.74. The van der Waals surface area contributed by atoms with E-state index in [4.69, 9.17) is 0 Å². The van der Waals surface area contributed by atoms with Gasteiger partial charge in [-0.05, 0) is 19.3 Å². The molecular weight excluding hydrogens is 252 g/mol. The van der Waals surface area contributed by atoms with Gasteiger partial charge in [-0.15, -0.1) is 0 Å². The lowest BCUT2D eigenvalue weighted by Gasteiger charge is -2.11. The zero-order valence-corrected chi connectivity index (χ0v) is 12.6. The molecule has 18 heavy (non-hydrogen) atoms. The topological polar surface area (TPSA) is 82.6 Å². The molecule has 3 N–H and O–H groups in total. The van der Waals surface area contributed by atoms with Crippen LogP contribution >= 0.6 is 0 Å². The summed E-state index contributed by atoms with van der Waals surface area (Å²) in [6, 6.07) is 0. The second-order valence-corrected chi connectivity index (χ2v) is 6.39. The van der Waals surface area contributed by atoms with Crippen LogP contribution in [0.4, 0.5) is 0 Å². The Morgan fingerprint density at radius 1 is 1.22 bits per heavy atom. The maximum atomic E-state index is 10.8. The molecule has 7 heteroatoms. The van der Waals surface area contributed by atoms with Gasteiger partial charge in [0.2, 0.25) is 10.0 Å². The quantitative estimate of drug-likeness (QED) is 0.335. The van der Waals surface area contributed by atoms with Gasteiger partial charge in [0.25, 0.3) is 0 Å². The molecule has 0 heterocycles. The first-order valence-electron chi connectivity index (χ1n) is 6.32. The highest BCUT2D eigenvalue weighted by Crippen LogP contribution is 1.91. The molecule has 0 saturated heterocycles. The van der Waals surface area contributed by atoms with E-state index in [9.17, 15) is 8.42 Å². The van der Waals surface area contributed by atoms with Gasteiger partial charge >= 0.3 is 0 Å². The molecule has 0 bridgehead atoms. The van der Waals surface area contributed by atoms with E-state index in [-0.39, 0.29) is 0 Å². The molecule has 108 valence electrons. The highest BCUT2D eigenvalue weighted by molar-refractivity contribution is 7.88. The van der Waals surface area contributed by atoms with Crippen molar-refractivity contribution >= 4 is 16.0 Å². The molecule has 0 atom stereocenters. The van der Waals surface area contributed by atoms with E-state index >= 15 is 0 Å². The third-order valence-corrected chi connectivity index (χ3v) is 2.70. The minimum Gasteiger partial charge on any atom is -0.357 e. The Hall–Kier alpha value is -0.820. The van der Waals surface area contributed by atoms with E-state index in [1.54, 1.807) is 0 Å². The minimum atomic E-state index is -3.08. The fraction of sp³-hybridized carbons (Fsp3) is 0.909. The molecule has 0 aromatic heterocycles. The van der Waals surface area contributed by atoms with Crippen molar-refractivity contribution in [2.24, 2.45) is 10.9 Å². The highest BCUT2D eigenvalue weighted by Gasteiger charge is 2.00. The molecule has 0 aliphatic carbocycles. The number of aliphatic imine (C=N–C) groups is 1. The third kappa shape index (κ3) is 11.7. The van der Waals surface area contributed by atoms with Crippen LogP contribution in [-0.2, 0) is 10.0 Å². The highest BCUT2D eigenvalue weighted by atomic mass is 32.2. The summed E-state index contributed by atoms with van der Waals surface area (Å²) in [4.78, 5) is 4.42. The van der Waals surface area contributed by atoms with Crippen molar-refractivity contribution in [3.8, 4) is 0 Å². The molecule has 0 amide bonds. The molecule has 0 aliphatic heterocycles. The lowest BCUT2D eigenvalue weighted by molar-refractivity contribution is 0.584. The summed E-state index contributed by atoms with van der Waals surface area (Å²) in [6.07, 6.45) is 1.88. The standard InChI is InChI=1S/C11H26N4O2S/c1-5-12-11(14-9-10(2)3)13-7-6-8-15-18(4,16)17/h10,15H,5-9H2,1-4H3,(H2,12,13,14). The Morgan fingerprint density at radius 3 is 2.39 bits per heavy atom. The third-order valence-electron chi connectivity index (χ3n) is 1.97. The van der Waals surface area contributed by atoms with Gasteiger partial charge in [-0.1, -0.05) is 13.8 Å². The maximum absolute atomic E-state index is 10.8. The van der Waals surface area contributed by atoms with Crippen molar-refractivity contribution in [1.29, 1.82) is 0 Å². The summed E-state index contributed by atoms with van der Waals surface area (Å²) < 4.78 is 24.1. The van der Waals surface area contributed by atoms with Crippen LogP contribution in [0.3, 0.4) is 0 Å². The van der Waals surface area contributed by atoms with Crippen LogP contribution < -0.4 is 15.4 Å². The lowest BCUT2D eigenvalue weighted by atomic mass is 10.2. The predicted molar refractivity (Wildman–Crippen MR) is 76.3 cm³/mol. The first-order valence-corrected chi connectivity index (χ1v) is 8.21. The fourth-order valence-corrected chi connectivity index (χ4v) is 1.68. The molecule has 0 spiro atoms. The Balaban J connectivity index is 3.87. The second-order valence-electron chi connectivity index (χ2n) is 4.56. The molecule has 0 aromatic carbocycles. The van der Waals surface area contributed by atoms with Gasteiger partial charge in [0.15, 0.2) is 5.96 Å². The number of sulfonamides is 1. The monoisotopic (exact) mass is 278 g/mol. The number of nitrogens with zero attached hydrogens (tertiary/aromatic N) is 1. The van der Waals surface area contributed by atoms with E-state index in [1.165, 1.54) is 0 Å². The summed E-state index contributed by atoms with van der Waals surface area (Å²) in [6.45, 7) is 8.95. The molecule has 0 rings (SSSR count). The summed E-state index contributed by atoms with van der Waals surface area (Å²) in [5, 5.41) is 6.31. The Labute approximate surface area is 111 Å². The van der Waals surface area contributed by atoms with Crippen molar-refractivity contribution in [2.75, 3.05) is 32.4 Å². The molecule has 0 unspecified atom stereocenters. The zero-order chi connectivity index (χ0) is 14.0. The average Bonchev–Trinajstić information content (AvgIpc) is 2.23. The predicted octanol–water partition coefficient (Wildman–Crippen LogP) is 0.137. The Bertz CT molecular complexity index is 339. The molecule has 0 radical (unpaired) electrons. The number of rotatable bonds is 8. The maximum Gasteiger partial charge on any atom is 0.208 e. The molecular formula is C11H26N4O2S. The summed E-state index contributed by atoms with van der Waals surface area (Å²) in [5.41, 5.74) is 0. The number of hydrogen-bond donors (Lipinski definition) is 3. The van der Waals surface area contributed by atoms with E-state index < -0.39 is 10.0 Å². The number of hydrogen-bond acceptors (Lipinski definition) is 3. The van der Waals surface area contributed by atoms with Crippen molar-refractivity contribution in [2.45, 2.75) is 27.2 Å². The smallest absolute Gasteiger partial charge is 0.208 e. The van der Waals surface area contributed by atoms with Crippen LogP contribution in [0.1, 0.15) is 27.2 Å². The first-order chi connectivity index (χ1) is 8.35. The fourth-order valence-electron chi connectivity index (χ4n) is 1.17. The Morgan fingerprint density at radius 2 is 1.89 bits per heavy atom. The van der Waals surface area contributed by atoms with Gasteiger partial charge in [0, 0.05) is 26.2 Å². The molecule has 0 fully saturated rings. The van der Waals surface area contributed by atoms with Gasteiger partial charge in [0.05, 0.1) is 6.26 Å². The van der Waals surface area contributed by atoms with E-state index in [2.05, 4.69) is 34.2 Å². The van der Waals surface area contributed by atoms with Crippen LogP contribution in [0.5, 0.6) is 0 Å². The van der Waals surface area contributed by atoms with Crippen LogP contribution in [-0.4, -0.2) is 46.8 Å². The minimum absolute atomic E-state index is 0.440. The van der Waals surface area contributed by atoms with Crippen LogP contribution in [0.15, 0.2) is 4.99 Å². The van der Waals surface area contributed by atoms with Gasteiger partial charge in [-0.3, -0.25) is 4.99 Å². The molecule has 0 aromatic rings. The summed E-state index contributed by atoms with van der Waals surface area (Å²) in [5.74, 6) is 1.30. The van der Waals surface area contributed by atoms with Crippen LogP contribution in [0, 0.1) is 5.92 Å². The average molecular weight is 278 g/mol. The SMILES string of the molecule is CCNC(=NCC(C)C)NCCCNS(C)(=O)=O. The number of nitrogens with one attached hydrogen (secondary N) is 3. The molecule has 0 aliphatic rings. The largest absolute Gasteiger partial charge is 0.357 e. The second kappa shape index (κ2) is 9.16. The summed E-state index contributed by atoms with van der Waals surface area (Å²) in [7, 11) is -3.08. The van der Waals surface area contributed by atoms with Gasteiger partial charge < -0.3 is 10.6 Å². The lowest BCUT2D eigenvalue weighted by Crippen LogP contribution is -2.39. The molecule has 6 nitrogen and oxygen atoms in total. The molecule has 0 saturated carbocycles. The number of guanidine groups is 1.